The molecule has 3 rings (SSSR count). The SMILES string of the molecule is O=C1CC[C@H](C(=O)N[C@@H]2CCCC[C@@H]2Oc2ccccc2)N1. The fourth-order valence-electron chi connectivity index (χ4n) is 3.17. The topological polar surface area (TPSA) is 67.4 Å². The molecule has 22 heavy (non-hydrogen) atoms. The van der Waals surface area contributed by atoms with Crippen LogP contribution in [0.15, 0.2) is 30.3 Å². The number of nitrogens with one attached hydrogen (secondary N) is 2. The molecule has 0 radical (unpaired) electrons. The van der Waals surface area contributed by atoms with Crippen LogP contribution in [0.2, 0.25) is 0 Å². The molecule has 2 fully saturated rings. The van der Waals surface area contributed by atoms with Crippen LogP contribution >= 0.6 is 0 Å². The minimum atomic E-state index is -0.383. The van der Waals surface area contributed by atoms with Crippen molar-refractivity contribution in [2.45, 2.75) is 56.7 Å². The van der Waals surface area contributed by atoms with Gasteiger partial charge in [-0.1, -0.05) is 24.6 Å². The number of ether oxygens (including phenoxy) is 1. The lowest BCUT2D eigenvalue weighted by Gasteiger charge is -2.33. The summed E-state index contributed by atoms with van der Waals surface area (Å²) < 4.78 is 6.05. The Balaban J connectivity index is 1.60. The summed E-state index contributed by atoms with van der Waals surface area (Å²) in [5.74, 6) is 0.711. The number of para-hydroxylation sites is 1. The quantitative estimate of drug-likeness (QED) is 0.891. The van der Waals surface area contributed by atoms with Gasteiger partial charge in [-0.05, 0) is 37.8 Å². The Morgan fingerprint density at radius 3 is 2.64 bits per heavy atom. The zero-order chi connectivity index (χ0) is 15.4. The molecule has 1 saturated carbocycles. The summed E-state index contributed by atoms with van der Waals surface area (Å²) in [5.41, 5.74) is 0. The number of hydrogen-bond acceptors (Lipinski definition) is 3. The molecule has 118 valence electrons. The van der Waals surface area contributed by atoms with Crippen molar-refractivity contribution in [2.24, 2.45) is 0 Å². The molecule has 2 aliphatic rings. The minimum absolute atomic E-state index is 0.00259. The zero-order valence-corrected chi connectivity index (χ0v) is 12.6. The van der Waals surface area contributed by atoms with E-state index in [-0.39, 0.29) is 30.0 Å². The number of carbonyl (C=O) groups excluding carboxylic acids is 2. The standard InChI is InChI=1S/C17H22N2O3/c20-16-11-10-14(18-16)17(21)19-13-8-4-5-9-15(13)22-12-6-2-1-3-7-12/h1-3,6-7,13-15H,4-5,8-11H2,(H,18,20)(H,19,21)/t13-,14-,15+/m1/s1. The number of carbonyl (C=O) groups is 2. The Morgan fingerprint density at radius 1 is 1.14 bits per heavy atom. The fraction of sp³-hybridized carbons (Fsp3) is 0.529. The highest BCUT2D eigenvalue weighted by Crippen LogP contribution is 2.24. The number of benzene rings is 1. The molecule has 2 N–H and O–H groups in total. The maximum absolute atomic E-state index is 12.3. The smallest absolute Gasteiger partial charge is 0.242 e. The Kier molecular flexibility index (Phi) is 4.61. The van der Waals surface area contributed by atoms with E-state index in [2.05, 4.69) is 10.6 Å². The summed E-state index contributed by atoms with van der Waals surface area (Å²) in [6.07, 6.45) is 5.09. The van der Waals surface area contributed by atoms with E-state index in [1.165, 1.54) is 0 Å². The van der Waals surface area contributed by atoms with Crippen molar-refractivity contribution in [1.82, 2.24) is 10.6 Å². The molecular formula is C17H22N2O3. The van der Waals surface area contributed by atoms with Crippen molar-refractivity contribution >= 4 is 11.8 Å². The van der Waals surface area contributed by atoms with Crippen molar-refractivity contribution < 1.29 is 14.3 Å². The van der Waals surface area contributed by atoms with Crippen LogP contribution in [0.3, 0.4) is 0 Å². The third-order valence-electron chi connectivity index (χ3n) is 4.37. The van der Waals surface area contributed by atoms with Gasteiger partial charge in [-0.2, -0.15) is 0 Å². The molecule has 0 aromatic heterocycles. The normalized spacial score (nSPS) is 28.0. The molecule has 1 aliphatic carbocycles. The van der Waals surface area contributed by atoms with Gasteiger partial charge in [0, 0.05) is 6.42 Å². The van der Waals surface area contributed by atoms with Gasteiger partial charge in [-0.3, -0.25) is 9.59 Å². The van der Waals surface area contributed by atoms with Crippen molar-refractivity contribution in [1.29, 1.82) is 0 Å². The first-order valence-electron chi connectivity index (χ1n) is 8.04. The van der Waals surface area contributed by atoms with Crippen LogP contribution in [0.5, 0.6) is 5.75 Å². The van der Waals surface area contributed by atoms with Gasteiger partial charge in [0.2, 0.25) is 11.8 Å². The van der Waals surface area contributed by atoms with Crippen LogP contribution in [-0.2, 0) is 9.59 Å². The van der Waals surface area contributed by atoms with Crippen LogP contribution in [0.1, 0.15) is 38.5 Å². The van der Waals surface area contributed by atoms with Crippen LogP contribution in [-0.4, -0.2) is 30.0 Å². The van der Waals surface area contributed by atoms with E-state index in [9.17, 15) is 9.59 Å². The zero-order valence-electron chi connectivity index (χ0n) is 12.6. The van der Waals surface area contributed by atoms with Crippen molar-refractivity contribution in [3.05, 3.63) is 30.3 Å². The average Bonchev–Trinajstić information content (AvgIpc) is 2.97. The first-order valence-corrected chi connectivity index (χ1v) is 8.04. The molecule has 3 atom stereocenters. The molecule has 0 bridgehead atoms. The van der Waals surface area contributed by atoms with E-state index < -0.39 is 0 Å². The summed E-state index contributed by atoms with van der Waals surface area (Å²) in [6, 6.07) is 9.34. The summed E-state index contributed by atoms with van der Waals surface area (Å²) in [5, 5.41) is 5.79. The van der Waals surface area contributed by atoms with E-state index in [0.717, 1.165) is 31.4 Å². The van der Waals surface area contributed by atoms with E-state index in [1.807, 2.05) is 30.3 Å². The van der Waals surface area contributed by atoms with Crippen molar-refractivity contribution in [3.63, 3.8) is 0 Å². The summed E-state index contributed by atoms with van der Waals surface area (Å²) in [6.45, 7) is 0. The highest BCUT2D eigenvalue weighted by Gasteiger charge is 2.32. The third kappa shape index (κ3) is 3.59. The lowest BCUT2D eigenvalue weighted by molar-refractivity contribution is -0.127. The second-order valence-electron chi connectivity index (χ2n) is 6.03. The molecule has 5 heteroatoms. The minimum Gasteiger partial charge on any atom is -0.488 e. The van der Waals surface area contributed by atoms with Crippen molar-refractivity contribution in [3.8, 4) is 5.75 Å². The van der Waals surface area contributed by atoms with Gasteiger partial charge >= 0.3 is 0 Å². The van der Waals surface area contributed by atoms with Gasteiger partial charge in [0.25, 0.3) is 0 Å². The van der Waals surface area contributed by atoms with Crippen molar-refractivity contribution in [2.75, 3.05) is 0 Å². The van der Waals surface area contributed by atoms with Crippen LogP contribution < -0.4 is 15.4 Å². The molecule has 1 aromatic rings. The van der Waals surface area contributed by atoms with Crippen LogP contribution in [0.4, 0.5) is 0 Å². The molecule has 5 nitrogen and oxygen atoms in total. The lowest BCUT2D eigenvalue weighted by Crippen LogP contribution is -2.52. The van der Waals surface area contributed by atoms with Gasteiger partial charge < -0.3 is 15.4 Å². The average molecular weight is 302 g/mol. The van der Waals surface area contributed by atoms with Gasteiger partial charge in [0.15, 0.2) is 0 Å². The monoisotopic (exact) mass is 302 g/mol. The Bertz CT molecular complexity index is 532. The van der Waals surface area contributed by atoms with E-state index in [1.54, 1.807) is 0 Å². The largest absolute Gasteiger partial charge is 0.488 e. The number of hydrogen-bond donors (Lipinski definition) is 2. The van der Waals surface area contributed by atoms with Crippen LogP contribution in [0.25, 0.3) is 0 Å². The van der Waals surface area contributed by atoms with Gasteiger partial charge in [0.05, 0.1) is 6.04 Å². The van der Waals surface area contributed by atoms with E-state index in [4.69, 9.17) is 4.74 Å². The predicted molar refractivity (Wildman–Crippen MR) is 82.4 cm³/mol. The summed E-state index contributed by atoms with van der Waals surface area (Å²) in [4.78, 5) is 23.5. The molecule has 1 aromatic carbocycles. The van der Waals surface area contributed by atoms with Gasteiger partial charge in [-0.15, -0.1) is 0 Å². The van der Waals surface area contributed by atoms with Gasteiger partial charge in [-0.25, -0.2) is 0 Å². The molecule has 0 spiro atoms. The molecule has 0 unspecified atom stereocenters. The highest BCUT2D eigenvalue weighted by molar-refractivity contribution is 5.90. The highest BCUT2D eigenvalue weighted by atomic mass is 16.5. The Labute approximate surface area is 130 Å². The second-order valence-corrected chi connectivity index (χ2v) is 6.03. The molecule has 2 amide bonds. The third-order valence-corrected chi connectivity index (χ3v) is 4.37. The van der Waals surface area contributed by atoms with Gasteiger partial charge in [0.1, 0.15) is 17.9 Å². The summed E-state index contributed by atoms with van der Waals surface area (Å²) in [7, 11) is 0. The van der Waals surface area contributed by atoms with E-state index >= 15 is 0 Å². The molecule has 1 saturated heterocycles. The van der Waals surface area contributed by atoms with Crippen LogP contribution in [0, 0.1) is 0 Å². The first-order chi connectivity index (χ1) is 10.7. The molecular weight excluding hydrogens is 280 g/mol. The Morgan fingerprint density at radius 2 is 1.91 bits per heavy atom. The predicted octanol–water partition coefficient (Wildman–Crippen LogP) is 1.77. The first kappa shape index (κ1) is 14.9. The van der Waals surface area contributed by atoms with E-state index in [0.29, 0.717) is 12.8 Å². The lowest BCUT2D eigenvalue weighted by atomic mass is 9.92. The Hall–Kier alpha value is -2.04. The maximum atomic E-state index is 12.3. The second kappa shape index (κ2) is 6.81. The fourth-order valence-corrected chi connectivity index (χ4v) is 3.17. The number of rotatable bonds is 4. The molecule has 1 heterocycles. The summed E-state index contributed by atoms with van der Waals surface area (Å²) >= 11 is 0. The molecule has 1 aliphatic heterocycles. The maximum Gasteiger partial charge on any atom is 0.242 e. The number of amides is 2.